The standard InChI is InChI=1S/C18H22N2O3/c1-23-18-14-8-4-2-6-12(14)10-15(20-18)17(22)19-11-13-7-3-5-9-16(13)21/h2,4,6,8,10,13,16,21H,3,5,7,9,11H2,1H3,(H,19,22). The summed E-state index contributed by atoms with van der Waals surface area (Å²) in [6, 6.07) is 9.45. The molecule has 1 aliphatic rings. The molecule has 1 aromatic carbocycles. The second kappa shape index (κ2) is 6.96. The van der Waals surface area contributed by atoms with E-state index in [1.807, 2.05) is 24.3 Å². The Kier molecular flexibility index (Phi) is 4.76. The molecule has 5 heteroatoms. The van der Waals surface area contributed by atoms with Crippen LogP contribution in [0.15, 0.2) is 30.3 Å². The van der Waals surface area contributed by atoms with Crippen molar-refractivity contribution in [1.82, 2.24) is 10.3 Å². The molecule has 2 unspecified atom stereocenters. The summed E-state index contributed by atoms with van der Waals surface area (Å²) < 4.78 is 5.30. The van der Waals surface area contributed by atoms with Gasteiger partial charge < -0.3 is 15.2 Å². The maximum atomic E-state index is 12.4. The van der Waals surface area contributed by atoms with Crippen LogP contribution in [0.1, 0.15) is 36.2 Å². The molecule has 2 aromatic rings. The van der Waals surface area contributed by atoms with Crippen molar-refractivity contribution in [3.05, 3.63) is 36.0 Å². The first-order chi connectivity index (χ1) is 11.2. The lowest BCUT2D eigenvalue weighted by Crippen LogP contribution is -2.37. The number of aliphatic hydroxyl groups is 1. The zero-order valence-electron chi connectivity index (χ0n) is 13.3. The lowest BCUT2D eigenvalue weighted by atomic mass is 9.86. The van der Waals surface area contributed by atoms with Gasteiger partial charge in [0.15, 0.2) is 0 Å². The minimum absolute atomic E-state index is 0.134. The highest BCUT2D eigenvalue weighted by Gasteiger charge is 2.23. The number of carbonyl (C=O) groups excluding carboxylic acids is 1. The average Bonchev–Trinajstić information content (AvgIpc) is 2.59. The minimum Gasteiger partial charge on any atom is -0.481 e. The van der Waals surface area contributed by atoms with Crippen LogP contribution in [0.25, 0.3) is 10.8 Å². The van der Waals surface area contributed by atoms with E-state index >= 15 is 0 Å². The van der Waals surface area contributed by atoms with Gasteiger partial charge in [0.25, 0.3) is 5.91 Å². The Labute approximate surface area is 135 Å². The normalized spacial score (nSPS) is 21.1. The molecule has 5 nitrogen and oxygen atoms in total. The highest BCUT2D eigenvalue weighted by molar-refractivity contribution is 5.98. The molecule has 2 atom stereocenters. The van der Waals surface area contributed by atoms with Gasteiger partial charge in [-0.25, -0.2) is 4.98 Å². The van der Waals surface area contributed by atoms with Crippen molar-refractivity contribution in [3.63, 3.8) is 0 Å². The average molecular weight is 314 g/mol. The number of pyridine rings is 1. The monoisotopic (exact) mass is 314 g/mol. The van der Waals surface area contributed by atoms with Gasteiger partial charge in [-0.2, -0.15) is 0 Å². The number of amides is 1. The topological polar surface area (TPSA) is 71.5 Å². The number of ether oxygens (including phenoxy) is 1. The molecule has 2 N–H and O–H groups in total. The smallest absolute Gasteiger partial charge is 0.270 e. The van der Waals surface area contributed by atoms with Crippen LogP contribution in [-0.2, 0) is 0 Å². The van der Waals surface area contributed by atoms with Crippen molar-refractivity contribution in [3.8, 4) is 5.88 Å². The number of nitrogens with one attached hydrogen (secondary N) is 1. The molecule has 23 heavy (non-hydrogen) atoms. The molecule has 0 radical (unpaired) electrons. The van der Waals surface area contributed by atoms with E-state index in [1.54, 1.807) is 13.2 Å². The Hall–Kier alpha value is -2.14. The summed E-state index contributed by atoms with van der Waals surface area (Å²) in [5.41, 5.74) is 0.339. The fourth-order valence-corrected chi connectivity index (χ4v) is 3.18. The molecule has 0 bridgehead atoms. The number of carbonyl (C=O) groups is 1. The van der Waals surface area contributed by atoms with Crippen molar-refractivity contribution < 1.29 is 14.6 Å². The van der Waals surface area contributed by atoms with Crippen LogP contribution in [-0.4, -0.2) is 35.8 Å². The Morgan fingerprint density at radius 3 is 2.91 bits per heavy atom. The van der Waals surface area contributed by atoms with Crippen LogP contribution in [0.2, 0.25) is 0 Å². The molecule has 122 valence electrons. The number of rotatable bonds is 4. The fourth-order valence-electron chi connectivity index (χ4n) is 3.18. The summed E-state index contributed by atoms with van der Waals surface area (Å²) >= 11 is 0. The predicted octanol–water partition coefficient (Wildman–Crippen LogP) is 2.52. The highest BCUT2D eigenvalue weighted by Crippen LogP contribution is 2.25. The fraction of sp³-hybridized carbons (Fsp3) is 0.444. The molecule has 1 heterocycles. The maximum absolute atomic E-state index is 12.4. The maximum Gasteiger partial charge on any atom is 0.270 e. The molecule has 1 aliphatic carbocycles. The van der Waals surface area contributed by atoms with E-state index < -0.39 is 0 Å². The van der Waals surface area contributed by atoms with Gasteiger partial charge in [0.1, 0.15) is 5.69 Å². The third-order valence-electron chi connectivity index (χ3n) is 4.53. The zero-order valence-corrected chi connectivity index (χ0v) is 13.3. The van der Waals surface area contributed by atoms with Gasteiger partial charge in [-0.15, -0.1) is 0 Å². The van der Waals surface area contributed by atoms with E-state index in [0.717, 1.165) is 36.5 Å². The van der Waals surface area contributed by atoms with Crippen molar-refractivity contribution in [1.29, 1.82) is 0 Å². The number of hydrogen-bond acceptors (Lipinski definition) is 4. The molecule has 3 rings (SSSR count). The largest absolute Gasteiger partial charge is 0.481 e. The van der Waals surface area contributed by atoms with Crippen LogP contribution < -0.4 is 10.1 Å². The number of nitrogens with zero attached hydrogens (tertiary/aromatic N) is 1. The first-order valence-corrected chi connectivity index (χ1v) is 8.09. The first kappa shape index (κ1) is 15.7. The minimum atomic E-state index is -0.317. The van der Waals surface area contributed by atoms with E-state index in [9.17, 15) is 9.90 Å². The Morgan fingerprint density at radius 2 is 2.13 bits per heavy atom. The van der Waals surface area contributed by atoms with Crippen LogP contribution in [0.3, 0.4) is 0 Å². The molecular weight excluding hydrogens is 292 g/mol. The summed E-state index contributed by atoms with van der Waals surface area (Å²) in [7, 11) is 1.55. The van der Waals surface area contributed by atoms with Gasteiger partial charge >= 0.3 is 0 Å². The van der Waals surface area contributed by atoms with Crippen LogP contribution in [0, 0.1) is 5.92 Å². The van der Waals surface area contributed by atoms with Crippen molar-refractivity contribution in [2.45, 2.75) is 31.8 Å². The second-order valence-electron chi connectivity index (χ2n) is 6.06. The number of methoxy groups -OCH3 is 1. The van der Waals surface area contributed by atoms with Crippen LogP contribution in [0.5, 0.6) is 5.88 Å². The van der Waals surface area contributed by atoms with Crippen LogP contribution >= 0.6 is 0 Å². The molecule has 0 aliphatic heterocycles. The van der Waals surface area contributed by atoms with E-state index in [-0.39, 0.29) is 17.9 Å². The molecule has 1 saturated carbocycles. The number of hydrogen-bond donors (Lipinski definition) is 2. The molecule has 1 amide bonds. The van der Waals surface area contributed by atoms with E-state index in [2.05, 4.69) is 10.3 Å². The van der Waals surface area contributed by atoms with Crippen molar-refractivity contribution in [2.75, 3.05) is 13.7 Å². The Morgan fingerprint density at radius 1 is 1.35 bits per heavy atom. The third kappa shape index (κ3) is 3.45. The molecule has 1 aromatic heterocycles. The zero-order chi connectivity index (χ0) is 16.2. The van der Waals surface area contributed by atoms with Gasteiger partial charge in [-0.3, -0.25) is 4.79 Å². The summed E-state index contributed by atoms with van der Waals surface area (Å²) in [6.07, 6.45) is 3.64. The predicted molar refractivity (Wildman–Crippen MR) is 88.6 cm³/mol. The summed E-state index contributed by atoms with van der Waals surface area (Å²) in [5, 5.41) is 14.7. The second-order valence-corrected chi connectivity index (χ2v) is 6.06. The first-order valence-electron chi connectivity index (χ1n) is 8.09. The van der Waals surface area contributed by atoms with Gasteiger partial charge in [0, 0.05) is 17.8 Å². The molecule has 1 fully saturated rings. The quantitative estimate of drug-likeness (QED) is 0.909. The van der Waals surface area contributed by atoms with Gasteiger partial charge in [-0.05, 0) is 30.4 Å². The third-order valence-corrected chi connectivity index (χ3v) is 4.53. The summed E-state index contributed by atoms with van der Waals surface area (Å²) in [6.45, 7) is 0.483. The van der Waals surface area contributed by atoms with Gasteiger partial charge in [0.2, 0.25) is 5.88 Å². The van der Waals surface area contributed by atoms with Gasteiger partial charge in [0.05, 0.1) is 13.2 Å². The Bertz CT molecular complexity index is 702. The number of benzene rings is 1. The molecule has 0 saturated heterocycles. The van der Waals surface area contributed by atoms with E-state index in [1.165, 1.54) is 0 Å². The molecular formula is C18H22N2O3. The Balaban J connectivity index is 1.75. The number of aromatic nitrogens is 1. The van der Waals surface area contributed by atoms with Crippen molar-refractivity contribution >= 4 is 16.7 Å². The van der Waals surface area contributed by atoms with Gasteiger partial charge in [-0.1, -0.05) is 31.0 Å². The summed E-state index contributed by atoms with van der Waals surface area (Å²) in [4.78, 5) is 16.7. The van der Waals surface area contributed by atoms with E-state index in [0.29, 0.717) is 18.1 Å². The number of aliphatic hydroxyl groups excluding tert-OH is 1. The lowest BCUT2D eigenvalue weighted by molar-refractivity contribution is 0.0661. The van der Waals surface area contributed by atoms with Crippen molar-refractivity contribution in [2.24, 2.45) is 5.92 Å². The lowest BCUT2D eigenvalue weighted by Gasteiger charge is -2.27. The summed E-state index contributed by atoms with van der Waals surface area (Å²) in [5.74, 6) is 0.354. The van der Waals surface area contributed by atoms with Crippen LogP contribution in [0.4, 0.5) is 0 Å². The van der Waals surface area contributed by atoms with E-state index in [4.69, 9.17) is 4.74 Å². The number of fused-ring (bicyclic) bond motifs is 1. The highest BCUT2D eigenvalue weighted by atomic mass is 16.5. The SMILES string of the molecule is COc1nc(C(=O)NCC2CCCCC2O)cc2ccccc12. The molecule has 0 spiro atoms.